The van der Waals surface area contributed by atoms with Crippen LogP contribution in [0.25, 0.3) is 17.0 Å². The fraction of sp³-hybridized carbons (Fsp3) is 0.409. The molecule has 0 atom stereocenters. The number of hydrogen-bond acceptors (Lipinski definition) is 9. The molecule has 5 rings (SSSR count). The number of benzene rings is 1. The van der Waals surface area contributed by atoms with Gasteiger partial charge in [-0.25, -0.2) is 4.98 Å². The minimum absolute atomic E-state index is 0.0493. The van der Waals surface area contributed by atoms with Crippen LogP contribution >= 0.6 is 0 Å². The van der Waals surface area contributed by atoms with Gasteiger partial charge in [-0.05, 0) is 30.7 Å². The van der Waals surface area contributed by atoms with E-state index in [2.05, 4.69) is 19.6 Å². The number of amides is 1. The standard InChI is InChI=1S/C22H24N6O5/c1-31-20(30)4-2-3-19(29)26-9-11-27(12-10-26)22-24-21-23-8-7-16(28(21)25-22)15-5-6-17-18(13-15)33-14-32-17/h5-8,13H,2-4,9-12,14H2,1H3. The van der Waals surface area contributed by atoms with E-state index in [1.165, 1.54) is 7.11 Å². The largest absolute Gasteiger partial charge is 0.469 e. The number of nitrogens with zero attached hydrogens (tertiary/aromatic N) is 6. The first-order valence-electron chi connectivity index (χ1n) is 10.8. The number of carbonyl (C=O) groups excluding carboxylic acids is 2. The van der Waals surface area contributed by atoms with Gasteiger partial charge in [0.05, 0.1) is 12.8 Å². The highest BCUT2D eigenvalue weighted by Crippen LogP contribution is 2.35. The van der Waals surface area contributed by atoms with Gasteiger partial charge in [-0.1, -0.05) is 0 Å². The van der Waals surface area contributed by atoms with Gasteiger partial charge in [0, 0.05) is 50.8 Å². The summed E-state index contributed by atoms with van der Waals surface area (Å²) in [6, 6.07) is 7.63. The Kier molecular flexibility index (Phi) is 5.68. The van der Waals surface area contributed by atoms with E-state index in [1.54, 1.807) is 10.7 Å². The summed E-state index contributed by atoms with van der Waals surface area (Å²) in [5.41, 5.74) is 1.77. The lowest BCUT2D eigenvalue weighted by Crippen LogP contribution is -2.49. The first kappa shape index (κ1) is 21.0. The zero-order valence-corrected chi connectivity index (χ0v) is 18.3. The number of piperazine rings is 1. The van der Waals surface area contributed by atoms with Crippen LogP contribution in [-0.2, 0) is 14.3 Å². The maximum atomic E-state index is 12.4. The highest BCUT2D eigenvalue weighted by atomic mass is 16.7. The van der Waals surface area contributed by atoms with Crippen LogP contribution in [-0.4, -0.2) is 76.4 Å². The third-order valence-electron chi connectivity index (χ3n) is 5.81. The lowest BCUT2D eigenvalue weighted by Gasteiger charge is -2.34. The molecule has 0 saturated carbocycles. The second kappa shape index (κ2) is 8.93. The lowest BCUT2D eigenvalue weighted by atomic mass is 10.1. The maximum Gasteiger partial charge on any atom is 0.305 e. The maximum absolute atomic E-state index is 12.4. The summed E-state index contributed by atoms with van der Waals surface area (Å²) < 4.78 is 17.2. The second-order valence-electron chi connectivity index (χ2n) is 7.82. The number of rotatable bonds is 6. The topological polar surface area (TPSA) is 111 Å². The fourth-order valence-electron chi connectivity index (χ4n) is 3.99. The molecule has 11 heteroatoms. The molecule has 1 amide bonds. The Bertz CT molecular complexity index is 1190. The first-order chi connectivity index (χ1) is 16.1. The second-order valence-corrected chi connectivity index (χ2v) is 7.82. The summed E-state index contributed by atoms with van der Waals surface area (Å²) in [6.07, 6.45) is 2.79. The van der Waals surface area contributed by atoms with Crippen LogP contribution in [0.15, 0.2) is 30.5 Å². The molecule has 1 fully saturated rings. The van der Waals surface area contributed by atoms with Gasteiger partial charge >= 0.3 is 5.97 Å². The van der Waals surface area contributed by atoms with E-state index < -0.39 is 0 Å². The molecule has 0 bridgehead atoms. The highest BCUT2D eigenvalue weighted by molar-refractivity contribution is 5.77. The number of methoxy groups -OCH3 is 1. The Hall–Kier alpha value is -3.89. The van der Waals surface area contributed by atoms with Crippen LogP contribution < -0.4 is 14.4 Å². The summed E-state index contributed by atoms with van der Waals surface area (Å²) in [5.74, 6) is 2.26. The van der Waals surface area contributed by atoms with E-state index in [-0.39, 0.29) is 25.1 Å². The van der Waals surface area contributed by atoms with Crippen LogP contribution in [0.5, 0.6) is 11.5 Å². The third kappa shape index (κ3) is 4.26. The molecule has 172 valence electrons. The Morgan fingerprint density at radius 1 is 1.06 bits per heavy atom. The molecule has 2 aliphatic heterocycles. The average molecular weight is 452 g/mol. The van der Waals surface area contributed by atoms with Crippen LogP contribution in [0.3, 0.4) is 0 Å². The molecule has 11 nitrogen and oxygen atoms in total. The molecule has 0 unspecified atom stereocenters. The smallest absolute Gasteiger partial charge is 0.305 e. The van der Waals surface area contributed by atoms with Crippen LogP contribution in [0.4, 0.5) is 5.95 Å². The predicted molar refractivity (Wildman–Crippen MR) is 117 cm³/mol. The van der Waals surface area contributed by atoms with Crippen molar-refractivity contribution >= 4 is 23.6 Å². The summed E-state index contributed by atoms with van der Waals surface area (Å²) in [7, 11) is 1.35. The number of carbonyl (C=O) groups is 2. The molecular weight excluding hydrogens is 428 g/mol. The molecular formula is C22H24N6O5. The molecule has 3 aromatic rings. The SMILES string of the molecule is COC(=O)CCCC(=O)N1CCN(c2nc3nccc(-c4ccc5c(c4)OCO5)n3n2)CC1. The Morgan fingerprint density at radius 3 is 2.70 bits per heavy atom. The lowest BCUT2D eigenvalue weighted by molar-refractivity contribution is -0.140. The van der Waals surface area contributed by atoms with Gasteiger partial charge < -0.3 is 24.0 Å². The van der Waals surface area contributed by atoms with Gasteiger partial charge in [-0.15, -0.1) is 5.10 Å². The van der Waals surface area contributed by atoms with E-state index in [1.807, 2.05) is 29.2 Å². The van der Waals surface area contributed by atoms with E-state index in [4.69, 9.17) is 14.6 Å². The number of aromatic nitrogens is 4. The Balaban J connectivity index is 1.26. The number of hydrogen-bond donors (Lipinski definition) is 0. The third-order valence-corrected chi connectivity index (χ3v) is 5.81. The summed E-state index contributed by atoms with van der Waals surface area (Å²) >= 11 is 0. The van der Waals surface area contributed by atoms with Gasteiger partial charge in [0.15, 0.2) is 11.5 Å². The predicted octanol–water partition coefficient (Wildman–Crippen LogP) is 1.51. The molecule has 0 radical (unpaired) electrons. The molecule has 4 heterocycles. The summed E-state index contributed by atoms with van der Waals surface area (Å²) in [5, 5.41) is 4.70. The van der Waals surface area contributed by atoms with Crippen molar-refractivity contribution in [2.75, 3.05) is 45.0 Å². The van der Waals surface area contributed by atoms with E-state index in [9.17, 15) is 9.59 Å². The molecule has 0 N–H and O–H groups in total. The average Bonchev–Trinajstić information content (AvgIpc) is 3.50. The molecule has 33 heavy (non-hydrogen) atoms. The number of fused-ring (bicyclic) bond motifs is 2. The zero-order chi connectivity index (χ0) is 22.8. The van der Waals surface area contributed by atoms with Crippen molar-refractivity contribution in [3.05, 3.63) is 30.5 Å². The van der Waals surface area contributed by atoms with Crippen molar-refractivity contribution in [2.24, 2.45) is 0 Å². The molecule has 0 aliphatic carbocycles. The van der Waals surface area contributed by atoms with Gasteiger partial charge in [-0.3, -0.25) is 9.59 Å². The summed E-state index contributed by atoms with van der Waals surface area (Å²) in [6.45, 7) is 2.62. The number of esters is 1. The monoisotopic (exact) mass is 452 g/mol. The van der Waals surface area contributed by atoms with E-state index >= 15 is 0 Å². The van der Waals surface area contributed by atoms with Gasteiger partial charge in [0.1, 0.15) is 0 Å². The van der Waals surface area contributed by atoms with Crippen molar-refractivity contribution in [3.8, 4) is 22.8 Å². The molecule has 2 aromatic heterocycles. The number of ether oxygens (including phenoxy) is 3. The fourth-order valence-corrected chi connectivity index (χ4v) is 3.99. The summed E-state index contributed by atoms with van der Waals surface area (Å²) in [4.78, 5) is 36.5. The van der Waals surface area contributed by atoms with Crippen molar-refractivity contribution in [1.82, 2.24) is 24.5 Å². The highest BCUT2D eigenvalue weighted by Gasteiger charge is 2.24. The minimum atomic E-state index is -0.292. The van der Waals surface area contributed by atoms with Crippen LogP contribution in [0.2, 0.25) is 0 Å². The zero-order valence-electron chi connectivity index (χ0n) is 18.3. The Labute approximate surface area is 189 Å². The van der Waals surface area contributed by atoms with Gasteiger partial charge in [0.25, 0.3) is 5.78 Å². The van der Waals surface area contributed by atoms with Crippen LogP contribution in [0, 0.1) is 0 Å². The minimum Gasteiger partial charge on any atom is -0.469 e. The molecule has 0 spiro atoms. The molecule has 1 aromatic carbocycles. The first-order valence-corrected chi connectivity index (χ1v) is 10.8. The normalized spacial score (nSPS) is 15.2. The van der Waals surface area contributed by atoms with Gasteiger partial charge in [0.2, 0.25) is 18.6 Å². The van der Waals surface area contributed by atoms with E-state index in [0.29, 0.717) is 56.5 Å². The Morgan fingerprint density at radius 2 is 1.88 bits per heavy atom. The van der Waals surface area contributed by atoms with Crippen molar-refractivity contribution in [3.63, 3.8) is 0 Å². The molecule has 1 saturated heterocycles. The van der Waals surface area contributed by atoms with Gasteiger partial charge in [-0.2, -0.15) is 9.50 Å². The van der Waals surface area contributed by atoms with Crippen molar-refractivity contribution in [2.45, 2.75) is 19.3 Å². The van der Waals surface area contributed by atoms with Crippen molar-refractivity contribution in [1.29, 1.82) is 0 Å². The van der Waals surface area contributed by atoms with Crippen LogP contribution in [0.1, 0.15) is 19.3 Å². The van der Waals surface area contributed by atoms with E-state index in [0.717, 1.165) is 17.0 Å². The number of anilines is 1. The quantitative estimate of drug-likeness (QED) is 0.514. The van der Waals surface area contributed by atoms with Crippen molar-refractivity contribution < 1.29 is 23.8 Å². The molecule has 2 aliphatic rings.